The molecule has 0 amide bonds. The number of imidazole rings is 1. The van der Waals surface area contributed by atoms with Crippen LogP contribution in [0.25, 0.3) is 28.2 Å². The molecule has 0 bridgehead atoms. The van der Waals surface area contributed by atoms with Gasteiger partial charge in [-0.05, 0) is 31.4 Å². The van der Waals surface area contributed by atoms with E-state index in [9.17, 15) is 9.50 Å². The quantitative estimate of drug-likeness (QED) is 0.611. The Balaban J connectivity index is 1.82. The topological polar surface area (TPSA) is 76.2 Å². The van der Waals surface area contributed by atoms with Gasteiger partial charge in [0.15, 0.2) is 0 Å². The number of aromatic nitrogens is 5. The Kier molecular flexibility index (Phi) is 2.46. The normalized spacial score (nSPS) is 16.2. The molecule has 0 aliphatic carbocycles. The smallest absolute Gasteiger partial charge is 0.251 e. The van der Waals surface area contributed by atoms with Crippen LogP contribution in [0.2, 0.25) is 0 Å². The summed E-state index contributed by atoms with van der Waals surface area (Å²) in [6.45, 7) is -6.58. The Morgan fingerprint density at radius 1 is 1.15 bits per heavy atom. The molecule has 4 rings (SSSR count). The molecule has 0 saturated carbocycles. The minimum Gasteiger partial charge on any atom is -0.384 e. The number of pyridine rings is 1. The summed E-state index contributed by atoms with van der Waals surface area (Å²) in [7, 11) is 0. The Morgan fingerprint density at radius 2 is 2.00 bits per heavy atom. The minimum atomic E-state index is -3.29. The molecule has 130 valence electrons. The van der Waals surface area contributed by atoms with Crippen LogP contribution in [-0.2, 0) is 5.60 Å². The predicted molar refractivity (Wildman–Crippen MR) is 94.7 cm³/mol. The van der Waals surface area contributed by atoms with E-state index >= 15 is 0 Å². The first kappa shape index (κ1) is 10.7. The molecule has 0 aliphatic rings. The van der Waals surface area contributed by atoms with Crippen molar-refractivity contribution in [3.63, 3.8) is 0 Å². The van der Waals surface area contributed by atoms with Crippen LogP contribution in [0.15, 0.2) is 55.1 Å². The van der Waals surface area contributed by atoms with Crippen molar-refractivity contribution in [2.75, 3.05) is 0 Å². The molecular formula is C19H16FN5O. The molecule has 0 atom stereocenters. The van der Waals surface area contributed by atoms with Gasteiger partial charge in [-0.2, -0.15) is 9.61 Å². The van der Waals surface area contributed by atoms with Gasteiger partial charge < -0.3 is 5.11 Å². The lowest BCUT2D eigenvalue weighted by atomic mass is 10.0. The van der Waals surface area contributed by atoms with Crippen molar-refractivity contribution >= 4 is 5.78 Å². The van der Waals surface area contributed by atoms with E-state index in [0.29, 0.717) is 22.4 Å². The van der Waals surface area contributed by atoms with Gasteiger partial charge in [-0.3, -0.25) is 4.98 Å². The molecule has 0 unspecified atom stereocenters. The van der Waals surface area contributed by atoms with E-state index in [-0.39, 0.29) is 5.78 Å². The fraction of sp³-hybridized carbons (Fsp3) is 0.158. The number of aliphatic hydroxyl groups is 1. The first-order valence-electron chi connectivity index (χ1n) is 10.6. The van der Waals surface area contributed by atoms with Gasteiger partial charge in [-0.1, -0.05) is 18.2 Å². The van der Waals surface area contributed by atoms with Crippen molar-refractivity contribution in [2.45, 2.75) is 19.3 Å². The maximum atomic E-state index is 14.2. The summed E-state index contributed by atoms with van der Waals surface area (Å²) >= 11 is 0. The van der Waals surface area contributed by atoms with Gasteiger partial charge in [0.1, 0.15) is 11.4 Å². The summed E-state index contributed by atoms with van der Waals surface area (Å²) in [5.74, 6) is -0.546. The zero-order chi connectivity index (χ0) is 23.3. The zero-order valence-electron chi connectivity index (χ0n) is 19.3. The van der Waals surface area contributed by atoms with Crippen LogP contribution < -0.4 is 0 Å². The molecule has 0 spiro atoms. The molecule has 7 heteroatoms. The van der Waals surface area contributed by atoms with Crippen LogP contribution in [0.5, 0.6) is 0 Å². The van der Waals surface area contributed by atoms with Gasteiger partial charge in [0.25, 0.3) is 5.78 Å². The third-order valence-electron chi connectivity index (χ3n) is 3.84. The van der Waals surface area contributed by atoms with Crippen LogP contribution in [0.3, 0.4) is 0 Å². The Morgan fingerprint density at radius 3 is 2.81 bits per heavy atom. The lowest BCUT2D eigenvalue weighted by Crippen LogP contribution is -2.19. The molecule has 6 nitrogen and oxygen atoms in total. The second kappa shape index (κ2) is 5.96. The summed E-state index contributed by atoms with van der Waals surface area (Å²) in [5, 5.41) is 14.7. The van der Waals surface area contributed by atoms with E-state index in [1.165, 1.54) is 29.2 Å². The maximum absolute atomic E-state index is 14.2. The second-order valence-corrected chi connectivity index (χ2v) is 5.64. The highest BCUT2D eigenvalue weighted by Crippen LogP contribution is 2.28. The monoisotopic (exact) mass is 355 g/mol. The lowest BCUT2D eigenvalue weighted by molar-refractivity contribution is 0.0734. The molecule has 0 aliphatic heterocycles. The number of hydrogen-bond donors (Lipinski definition) is 1. The number of halogens is 1. The van der Waals surface area contributed by atoms with E-state index in [2.05, 4.69) is 20.1 Å². The molecule has 1 N–H and O–H groups in total. The van der Waals surface area contributed by atoms with Crippen molar-refractivity contribution < 1.29 is 17.7 Å². The summed E-state index contributed by atoms with van der Waals surface area (Å²) in [4.78, 5) is 12.0. The van der Waals surface area contributed by atoms with Gasteiger partial charge in [0.05, 0.1) is 23.8 Å². The summed E-state index contributed by atoms with van der Waals surface area (Å²) in [5.41, 5.74) is -1.96. The van der Waals surface area contributed by atoms with Crippen LogP contribution in [0, 0.1) is 5.82 Å². The molecule has 1 aromatic carbocycles. The standard InChI is InChI=1S/C19H16FN5O/c1-19(2,26)17-11-23-25-16(10-22-18(25)24-17)13-5-3-4-12(8-13)14-9-21-7-6-15(14)20/h3-11,26H,1-2H3/i1D3,2D3. The summed E-state index contributed by atoms with van der Waals surface area (Å²) in [6.07, 6.45) is 5.04. The SMILES string of the molecule is [2H]C([2H])([2H])C(O)(c1cnn2c(-c3cccc(-c4cnccc4F)c3)cnc2n1)C([2H])([2H])[2H]. The van der Waals surface area contributed by atoms with E-state index in [1.54, 1.807) is 24.3 Å². The van der Waals surface area contributed by atoms with Crippen molar-refractivity contribution in [1.29, 1.82) is 0 Å². The van der Waals surface area contributed by atoms with Crippen LogP contribution in [-0.4, -0.2) is 29.7 Å². The molecule has 3 aromatic heterocycles. The van der Waals surface area contributed by atoms with Crippen LogP contribution >= 0.6 is 0 Å². The highest BCUT2D eigenvalue weighted by atomic mass is 19.1. The van der Waals surface area contributed by atoms with Gasteiger partial charge in [-0.25, -0.2) is 14.4 Å². The average molecular weight is 355 g/mol. The summed E-state index contributed by atoms with van der Waals surface area (Å²) < 4.78 is 60.7. The van der Waals surface area contributed by atoms with Crippen LogP contribution in [0.4, 0.5) is 4.39 Å². The van der Waals surface area contributed by atoms with Crippen molar-refractivity contribution in [1.82, 2.24) is 24.6 Å². The Labute approximate surface area is 157 Å². The predicted octanol–water partition coefficient (Wildman–Crippen LogP) is 3.22. The van der Waals surface area contributed by atoms with Gasteiger partial charge >= 0.3 is 0 Å². The molecule has 0 radical (unpaired) electrons. The molecule has 3 heterocycles. The number of fused-ring (bicyclic) bond motifs is 1. The first-order chi connectivity index (χ1) is 14.9. The molecule has 26 heavy (non-hydrogen) atoms. The van der Waals surface area contributed by atoms with Crippen molar-refractivity contribution in [3.05, 3.63) is 66.6 Å². The second-order valence-electron chi connectivity index (χ2n) is 5.64. The lowest BCUT2D eigenvalue weighted by Gasteiger charge is -2.15. The van der Waals surface area contributed by atoms with Crippen molar-refractivity contribution in [3.8, 4) is 22.4 Å². The van der Waals surface area contributed by atoms with E-state index in [4.69, 9.17) is 8.22 Å². The minimum absolute atomic E-state index is 0.109. The highest BCUT2D eigenvalue weighted by Gasteiger charge is 2.20. The van der Waals surface area contributed by atoms with E-state index < -0.39 is 30.8 Å². The molecule has 0 saturated heterocycles. The molecule has 4 aromatic rings. The van der Waals surface area contributed by atoms with Crippen molar-refractivity contribution in [2.24, 2.45) is 0 Å². The third-order valence-corrected chi connectivity index (χ3v) is 3.84. The Hall–Kier alpha value is -3.19. The summed E-state index contributed by atoms with van der Waals surface area (Å²) in [6, 6.07) is 8.10. The maximum Gasteiger partial charge on any atom is 0.251 e. The number of benzene rings is 1. The third kappa shape index (κ3) is 2.82. The zero-order valence-corrected chi connectivity index (χ0v) is 13.3. The highest BCUT2D eigenvalue weighted by molar-refractivity contribution is 5.72. The van der Waals surface area contributed by atoms with Gasteiger partial charge in [0, 0.05) is 31.7 Å². The fourth-order valence-corrected chi connectivity index (χ4v) is 2.58. The number of rotatable bonds is 3. The first-order valence-corrected chi connectivity index (χ1v) is 7.57. The van der Waals surface area contributed by atoms with Crippen LogP contribution in [0.1, 0.15) is 27.6 Å². The van der Waals surface area contributed by atoms with Gasteiger partial charge in [0.2, 0.25) is 0 Å². The average Bonchev–Trinajstić information content (AvgIpc) is 3.15. The molecular weight excluding hydrogens is 333 g/mol. The largest absolute Gasteiger partial charge is 0.384 e. The number of nitrogens with zero attached hydrogens (tertiary/aromatic N) is 5. The molecule has 0 fully saturated rings. The van der Waals surface area contributed by atoms with E-state index in [0.717, 1.165) is 6.20 Å². The fourth-order valence-electron chi connectivity index (χ4n) is 2.58. The Bertz CT molecular complexity index is 1290. The van der Waals surface area contributed by atoms with E-state index in [1.807, 2.05) is 0 Å². The number of hydrogen-bond acceptors (Lipinski definition) is 5. The van der Waals surface area contributed by atoms with Gasteiger partial charge in [-0.15, -0.1) is 0 Å².